The summed E-state index contributed by atoms with van der Waals surface area (Å²) in [5, 5.41) is 5.58. The third-order valence-corrected chi connectivity index (χ3v) is 14.5. The monoisotopic (exact) mass is 842 g/mol. The number of allylic oxidation sites excluding steroid dienone is 7. The lowest BCUT2D eigenvalue weighted by Gasteiger charge is -2.33. The van der Waals surface area contributed by atoms with Crippen molar-refractivity contribution in [3.8, 4) is 0 Å². The molecular formula is C47H55ClN2O6S2. The molecule has 4 aromatic carbocycles. The standard InChI is InChI=1S/C47H55ClN2O6S2/c1-46(2)41(49(29-10-5-12-31-57(51,52)53)39-25-21-33-15-6-8-19-37(33)43(39)46)27-23-35-17-14-18-36(45(35)48)24-28-42-47(3,4)44-38-20-9-7-16-34(38)22-26-40(44)50(42)30-11-13-32-58(54,55)56/h6-9,15-16,19-28,42H,5,10-14,17-18,29-32H2,1-4H3,(H,51,52,53)(H,54,55,56)/b28-24+,35-23+,41-27+. The first-order valence-corrected chi connectivity index (χ1v) is 24.0. The van der Waals surface area contributed by atoms with Crippen molar-refractivity contribution in [2.75, 3.05) is 34.4 Å². The number of unbranched alkanes of at least 4 members (excludes halogenated alkanes) is 3. The van der Waals surface area contributed by atoms with Crippen LogP contribution >= 0.6 is 11.6 Å². The van der Waals surface area contributed by atoms with Gasteiger partial charge in [0, 0.05) is 46.0 Å². The fourth-order valence-electron chi connectivity index (χ4n) is 9.64. The molecule has 1 unspecified atom stereocenters. The van der Waals surface area contributed by atoms with Gasteiger partial charge in [-0.25, -0.2) is 0 Å². The van der Waals surface area contributed by atoms with Gasteiger partial charge < -0.3 is 9.80 Å². The second kappa shape index (κ2) is 16.6. The van der Waals surface area contributed by atoms with Gasteiger partial charge in [-0.15, -0.1) is 0 Å². The lowest BCUT2D eigenvalue weighted by Crippen LogP contribution is -2.40. The van der Waals surface area contributed by atoms with Crippen LogP contribution < -0.4 is 9.80 Å². The molecule has 1 atom stereocenters. The predicted octanol–water partition coefficient (Wildman–Crippen LogP) is 11.0. The Morgan fingerprint density at radius 1 is 0.707 bits per heavy atom. The van der Waals surface area contributed by atoms with E-state index in [1.165, 1.54) is 32.7 Å². The van der Waals surface area contributed by atoms with Crippen LogP contribution in [0, 0.1) is 0 Å². The molecule has 11 heteroatoms. The molecule has 4 aromatic rings. The first-order chi connectivity index (χ1) is 27.5. The van der Waals surface area contributed by atoms with Crippen molar-refractivity contribution >= 4 is 64.8 Å². The number of hydrogen-bond acceptors (Lipinski definition) is 6. The topological polar surface area (TPSA) is 115 Å². The van der Waals surface area contributed by atoms with Gasteiger partial charge in [0.25, 0.3) is 20.2 Å². The number of nitrogens with zero attached hydrogens (tertiary/aromatic N) is 2. The molecule has 0 amide bonds. The lowest BCUT2D eigenvalue weighted by molar-refractivity contribution is 0.468. The Balaban J connectivity index is 1.20. The van der Waals surface area contributed by atoms with Crippen LogP contribution in [0.1, 0.15) is 90.2 Å². The second-order valence-electron chi connectivity index (χ2n) is 17.1. The van der Waals surface area contributed by atoms with E-state index in [-0.39, 0.29) is 28.4 Å². The molecular weight excluding hydrogens is 788 g/mol. The van der Waals surface area contributed by atoms with Crippen LogP contribution in [-0.4, -0.2) is 56.6 Å². The fraction of sp³-hybridized carbons (Fsp3) is 0.404. The van der Waals surface area contributed by atoms with Crippen LogP contribution in [0.25, 0.3) is 21.5 Å². The van der Waals surface area contributed by atoms with Crippen LogP contribution in [-0.2, 0) is 31.1 Å². The highest BCUT2D eigenvalue weighted by atomic mass is 35.5. The van der Waals surface area contributed by atoms with E-state index in [1.54, 1.807) is 0 Å². The zero-order valence-corrected chi connectivity index (χ0v) is 36.3. The fourth-order valence-corrected chi connectivity index (χ4v) is 11.1. The maximum Gasteiger partial charge on any atom is 0.264 e. The predicted molar refractivity (Wildman–Crippen MR) is 240 cm³/mol. The highest BCUT2D eigenvalue weighted by Crippen LogP contribution is 2.52. The third kappa shape index (κ3) is 8.68. The smallest absolute Gasteiger partial charge is 0.264 e. The van der Waals surface area contributed by atoms with Gasteiger partial charge in [-0.05, 0) is 107 Å². The minimum Gasteiger partial charge on any atom is -0.364 e. The summed E-state index contributed by atoms with van der Waals surface area (Å²) in [6.45, 7) is 10.5. The molecule has 8 nitrogen and oxygen atoms in total. The summed E-state index contributed by atoms with van der Waals surface area (Å²) in [6.07, 6.45) is 14.4. The van der Waals surface area contributed by atoms with Crippen LogP contribution in [0.15, 0.2) is 119 Å². The van der Waals surface area contributed by atoms with Gasteiger partial charge in [0.1, 0.15) is 0 Å². The average molecular weight is 844 g/mol. The van der Waals surface area contributed by atoms with Crippen molar-refractivity contribution in [2.45, 2.75) is 95.9 Å². The molecule has 58 heavy (non-hydrogen) atoms. The summed E-state index contributed by atoms with van der Waals surface area (Å²) < 4.78 is 64.4. The van der Waals surface area contributed by atoms with Crippen molar-refractivity contribution in [3.05, 3.63) is 130 Å². The lowest BCUT2D eigenvalue weighted by atomic mass is 9.78. The molecule has 0 saturated carbocycles. The number of rotatable bonds is 14. The van der Waals surface area contributed by atoms with Gasteiger partial charge >= 0.3 is 0 Å². The molecule has 0 saturated heterocycles. The molecule has 0 spiro atoms. The molecule has 2 heterocycles. The third-order valence-electron chi connectivity index (χ3n) is 12.4. The summed E-state index contributed by atoms with van der Waals surface area (Å²) in [7, 11) is -8.01. The van der Waals surface area contributed by atoms with Gasteiger partial charge in [-0.1, -0.05) is 125 Å². The average Bonchev–Trinajstić information content (AvgIpc) is 3.52. The van der Waals surface area contributed by atoms with E-state index in [4.69, 9.17) is 11.6 Å². The van der Waals surface area contributed by atoms with E-state index in [0.717, 1.165) is 58.9 Å². The van der Waals surface area contributed by atoms with Gasteiger partial charge in [0.05, 0.1) is 17.5 Å². The van der Waals surface area contributed by atoms with Crippen molar-refractivity contribution < 1.29 is 25.9 Å². The summed E-state index contributed by atoms with van der Waals surface area (Å²) in [4.78, 5) is 4.77. The molecule has 2 N–H and O–H groups in total. The normalized spacial score (nSPS) is 20.6. The summed E-state index contributed by atoms with van der Waals surface area (Å²) >= 11 is 7.32. The molecule has 0 aromatic heterocycles. The maximum atomic E-state index is 11.5. The van der Waals surface area contributed by atoms with Crippen LogP contribution in [0.3, 0.4) is 0 Å². The minimum absolute atomic E-state index is 0.00820. The highest BCUT2D eigenvalue weighted by Gasteiger charge is 2.44. The molecule has 0 bridgehead atoms. The van der Waals surface area contributed by atoms with Crippen molar-refractivity contribution in [1.29, 1.82) is 0 Å². The first kappa shape index (κ1) is 42.2. The van der Waals surface area contributed by atoms with E-state index < -0.39 is 20.2 Å². The zero-order valence-electron chi connectivity index (χ0n) is 33.9. The number of benzene rings is 4. The van der Waals surface area contributed by atoms with Gasteiger partial charge in [0.15, 0.2) is 0 Å². The van der Waals surface area contributed by atoms with Crippen LogP contribution in [0.4, 0.5) is 11.4 Å². The maximum absolute atomic E-state index is 11.5. The molecule has 0 fully saturated rings. The molecule has 2 aliphatic heterocycles. The van der Waals surface area contributed by atoms with Crippen molar-refractivity contribution in [2.24, 2.45) is 0 Å². The van der Waals surface area contributed by atoms with Gasteiger partial charge in [0.2, 0.25) is 0 Å². The molecule has 0 radical (unpaired) electrons. The minimum atomic E-state index is -4.03. The Kier molecular flexibility index (Phi) is 12.1. The quantitative estimate of drug-likeness (QED) is 0.0953. The first-order valence-electron chi connectivity index (χ1n) is 20.4. The number of anilines is 2. The van der Waals surface area contributed by atoms with Gasteiger partial charge in [-0.2, -0.15) is 16.8 Å². The second-order valence-corrected chi connectivity index (χ2v) is 20.7. The van der Waals surface area contributed by atoms with E-state index in [9.17, 15) is 25.9 Å². The largest absolute Gasteiger partial charge is 0.364 e. The summed E-state index contributed by atoms with van der Waals surface area (Å²) in [5.74, 6) is -0.481. The number of halogens is 1. The Hall–Kier alpha value is -3.93. The Morgan fingerprint density at radius 3 is 1.95 bits per heavy atom. The molecule has 308 valence electrons. The Labute approximate surface area is 349 Å². The van der Waals surface area contributed by atoms with Crippen molar-refractivity contribution in [1.82, 2.24) is 0 Å². The zero-order chi connectivity index (χ0) is 41.5. The highest BCUT2D eigenvalue weighted by molar-refractivity contribution is 7.86. The molecule has 1 aliphatic carbocycles. The summed E-state index contributed by atoms with van der Waals surface area (Å²) in [6, 6.07) is 25.6. The van der Waals surface area contributed by atoms with E-state index in [0.29, 0.717) is 38.8 Å². The Morgan fingerprint density at radius 2 is 1.29 bits per heavy atom. The van der Waals surface area contributed by atoms with Crippen LogP contribution in [0.2, 0.25) is 0 Å². The Bertz CT molecular complexity index is 2570. The number of hydrogen-bond donors (Lipinski definition) is 2. The van der Waals surface area contributed by atoms with Crippen LogP contribution in [0.5, 0.6) is 0 Å². The van der Waals surface area contributed by atoms with Crippen molar-refractivity contribution in [3.63, 3.8) is 0 Å². The summed E-state index contributed by atoms with van der Waals surface area (Å²) in [5.41, 5.74) is 7.64. The molecule has 7 rings (SSSR count). The van der Waals surface area contributed by atoms with E-state index in [1.807, 2.05) is 0 Å². The van der Waals surface area contributed by atoms with Gasteiger partial charge in [-0.3, -0.25) is 9.11 Å². The molecule has 3 aliphatic rings. The SMILES string of the molecule is CC1(C)/C(=C\C=C2/CCCC(/C=C/C3N(CCCCS(=O)(=O)O)c4ccc5ccccc5c4C3(C)C)=C2Cl)N(CCCCCS(=O)(=O)O)c2ccc3ccccc3c21. The van der Waals surface area contributed by atoms with E-state index >= 15 is 0 Å². The van der Waals surface area contributed by atoms with E-state index in [2.05, 4.69) is 135 Å². The number of fused-ring (bicyclic) bond motifs is 6.